The van der Waals surface area contributed by atoms with E-state index in [1.165, 1.54) is 12.1 Å². The van der Waals surface area contributed by atoms with E-state index in [-0.39, 0.29) is 10.9 Å². The number of pyridine rings is 2. The first kappa shape index (κ1) is 22.5. The van der Waals surface area contributed by atoms with Crippen LogP contribution in [0.2, 0.25) is 0 Å². The van der Waals surface area contributed by atoms with E-state index in [2.05, 4.69) is 14.5 Å². The first-order valence-electron chi connectivity index (χ1n) is 10.2. The Morgan fingerprint density at radius 2 is 1.88 bits per heavy atom. The zero-order valence-corrected chi connectivity index (χ0v) is 18.4. The highest BCUT2D eigenvalue weighted by atomic mass is 32.2. The molecule has 11 heteroatoms. The highest BCUT2D eigenvalue weighted by molar-refractivity contribution is 7.89. The van der Waals surface area contributed by atoms with Crippen LogP contribution >= 0.6 is 0 Å². The van der Waals surface area contributed by atoms with Crippen molar-refractivity contribution >= 4 is 21.1 Å². The van der Waals surface area contributed by atoms with Crippen LogP contribution < -0.4 is 9.46 Å². The van der Waals surface area contributed by atoms with Crippen molar-refractivity contribution in [3.8, 4) is 17.1 Å². The predicted octanol–water partition coefficient (Wildman–Crippen LogP) is 4.45. The Kier molecular flexibility index (Phi) is 5.89. The molecule has 0 aliphatic heterocycles. The molecule has 32 heavy (non-hydrogen) atoms. The SMILES string of the molecule is COc1cnc2c(c1)cc(-c1ccc(S(=O)(=O)N[C@@H](C)C(F)(F)F)cn1)n2C1CCCC1. The molecular weight excluding hydrogens is 445 g/mol. The van der Waals surface area contributed by atoms with Gasteiger partial charge < -0.3 is 9.30 Å². The van der Waals surface area contributed by atoms with Crippen LogP contribution in [0, 0.1) is 0 Å². The fraction of sp³-hybridized carbons (Fsp3) is 0.429. The number of ether oxygens (including phenoxy) is 1. The molecule has 1 aliphatic rings. The van der Waals surface area contributed by atoms with Crippen molar-refractivity contribution in [3.05, 3.63) is 36.7 Å². The molecule has 1 atom stereocenters. The largest absolute Gasteiger partial charge is 0.495 e. The van der Waals surface area contributed by atoms with Gasteiger partial charge in [-0.1, -0.05) is 12.8 Å². The van der Waals surface area contributed by atoms with Gasteiger partial charge in [0, 0.05) is 17.6 Å². The fourth-order valence-corrected chi connectivity index (χ4v) is 5.17. The molecule has 0 aromatic carbocycles. The minimum Gasteiger partial charge on any atom is -0.495 e. The first-order valence-corrected chi connectivity index (χ1v) is 11.7. The monoisotopic (exact) mass is 468 g/mol. The number of hydrogen-bond acceptors (Lipinski definition) is 5. The summed E-state index contributed by atoms with van der Waals surface area (Å²) in [4.78, 5) is 8.49. The summed E-state index contributed by atoms with van der Waals surface area (Å²) >= 11 is 0. The van der Waals surface area contributed by atoms with Gasteiger partial charge in [0.15, 0.2) is 0 Å². The van der Waals surface area contributed by atoms with Gasteiger partial charge >= 0.3 is 6.18 Å². The second-order valence-corrected chi connectivity index (χ2v) is 9.60. The molecule has 1 fully saturated rings. The average molecular weight is 469 g/mol. The molecule has 0 radical (unpaired) electrons. The number of fused-ring (bicyclic) bond motifs is 1. The Morgan fingerprint density at radius 1 is 1.16 bits per heavy atom. The Bertz CT molecular complexity index is 1220. The molecule has 3 aromatic heterocycles. The van der Waals surface area contributed by atoms with Crippen molar-refractivity contribution in [1.29, 1.82) is 0 Å². The van der Waals surface area contributed by atoms with Crippen molar-refractivity contribution in [2.45, 2.75) is 55.8 Å². The maximum atomic E-state index is 12.8. The van der Waals surface area contributed by atoms with Crippen LogP contribution in [0.4, 0.5) is 13.2 Å². The Labute approximate surface area is 183 Å². The standard InChI is InChI=1S/C21H23F3N4O3S/c1-13(21(22,23)24)27-32(29,30)17-7-8-18(25-12-17)19-10-14-9-16(31-2)11-26-20(14)28(19)15-5-3-4-6-15/h7-13,15,27H,3-6H2,1-2H3/t13-/m0/s1. The van der Waals surface area contributed by atoms with Gasteiger partial charge in [0.1, 0.15) is 22.3 Å². The van der Waals surface area contributed by atoms with Gasteiger partial charge in [0.2, 0.25) is 10.0 Å². The molecule has 7 nitrogen and oxygen atoms in total. The third-order valence-corrected chi connectivity index (χ3v) is 7.23. The molecule has 172 valence electrons. The molecule has 1 N–H and O–H groups in total. The normalized spacial score (nSPS) is 16.5. The zero-order chi connectivity index (χ0) is 23.1. The number of nitrogens with zero attached hydrogens (tertiary/aromatic N) is 3. The third-order valence-electron chi connectivity index (χ3n) is 5.71. The summed E-state index contributed by atoms with van der Waals surface area (Å²) in [5.41, 5.74) is 2.07. The number of rotatable bonds is 6. The second kappa shape index (κ2) is 8.36. The van der Waals surface area contributed by atoms with Gasteiger partial charge in [0.05, 0.1) is 24.7 Å². The number of aromatic nitrogens is 3. The Hall–Kier alpha value is -2.66. The average Bonchev–Trinajstić information content (AvgIpc) is 3.39. The van der Waals surface area contributed by atoms with Crippen LogP contribution in [0.1, 0.15) is 38.6 Å². The molecule has 0 saturated heterocycles. The van der Waals surface area contributed by atoms with Gasteiger partial charge in [-0.3, -0.25) is 4.98 Å². The van der Waals surface area contributed by atoms with Crippen molar-refractivity contribution in [1.82, 2.24) is 19.3 Å². The number of hydrogen-bond donors (Lipinski definition) is 1. The van der Waals surface area contributed by atoms with Gasteiger partial charge in [0.25, 0.3) is 0 Å². The van der Waals surface area contributed by atoms with Crippen LogP contribution in [0.25, 0.3) is 22.4 Å². The topological polar surface area (TPSA) is 86.1 Å². The van der Waals surface area contributed by atoms with E-state index < -0.39 is 22.2 Å². The number of alkyl halides is 3. The van der Waals surface area contributed by atoms with Crippen molar-refractivity contribution in [2.24, 2.45) is 0 Å². The molecule has 0 bridgehead atoms. The van der Waals surface area contributed by atoms with Crippen LogP contribution in [0.3, 0.4) is 0 Å². The quantitative estimate of drug-likeness (QED) is 0.578. The van der Waals surface area contributed by atoms with Gasteiger partial charge in [-0.2, -0.15) is 17.9 Å². The van der Waals surface area contributed by atoms with Gasteiger partial charge in [-0.15, -0.1) is 0 Å². The lowest BCUT2D eigenvalue weighted by Crippen LogP contribution is -2.42. The number of methoxy groups -OCH3 is 1. The summed E-state index contributed by atoms with van der Waals surface area (Å²) in [6, 6.07) is 4.59. The van der Waals surface area contributed by atoms with Gasteiger partial charge in [-0.25, -0.2) is 13.4 Å². The summed E-state index contributed by atoms with van der Waals surface area (Å²) < 4.78 is 72.0. The van der Waals surface area contributed by atoms with Crippen LogP contribution in [-0.4, -0.2) is 42.3 Å². The van der Waals surface area contributed by atoms with Crippen LogP contribution in [0.15, 0.2) is 41.6 Å². The summed E-state index contributed by atoms with van der Waals surface area (Å²) in [7, 11) is -2.81. The molecule has 0 amide bonds. The molecule has 3 heterocycles. The maximum absolute atomic E-state index is 12.8. The minimum atomic E-state index is -4.68. The highest BCUT2D eigenvalue weighted by Gasteiger charge is 2.39. The van der Waals surface area contributed by atoms with Crippen molar-refractivity contribution < 1.29 is 26.3 Å². The maximum Gasteiger partial charge on any atom is 0.404 e. The second-order valence-electron chi connectivity index (χ2n) is 7.89. The summed E-state index contributed by atoms with van der Waals surface area (Å²) in [5, 5.41) is 0.866. The van der Waals surface area contributed by atoms with Crippen LogP contribution in [0.5, 0.6) is 5.75 Å². The van der Waals surface area contributed by atoms with Gasteiger partial charge in [-0.05, 0) is 44.0 Å². The zero-order valence-electron chi connectivity index (χ0n) is 17.6. The molecule has 0 spiro atoms. The minimum absolute atomic E-state index is 0.239. The fourth-order valence-electron chi connectivity index (χ4n) is 3.99. The number of halogens is 3. The van der Waals surface area contributed by atoms with E-state index >= 15 is 0 Å². The van der Waals surface area contributed by atoms with E-state index in [0.29, 0.717) is 11.4 Å². The van der Waals surface area contributed by atoms with E-state index in [1.54, 1.807) is 18.0 Å². The van der Waals surface area contributed by atoms with E-state index in [9.17, 15) is 21.6 Å². The third kappa shape index (κ3) is 4.31. The number of nitrogens with one attached hydrogen (secondary N) is 1. The molecule has 3 aromatic rings. The Morgan fingerprint density at radius 3 is 2.47 bits per heavy atom. The molecule has 1 saturated carbocycles. The molecule has 1 aliphatic carbocycles. The van der Waals surface area contributed by atoms with E-state index in [1.807, 2.05) is 12.1 Å². The lowest BCUT2D eigenvalue weighted by Gasteiger charge is -2.18. The van der Waals surface area contributed by atoms with E-state index in [4.69, 9.17) is 4.74 Å². The van der Waals surface area contributed by atoms with Crippen molar-refractivity contribution in [3.63, 3.8) is 0 Å². The van der Waals surface area contributed by atoms with Crippen LogP contribution in [-0.2, 0) is 10.0 Å². The van der Waals surface area contributed by atoms with Crippen molar-refractivity contribution in [2.75, 3.05) is 7.11 Å². The summed E-state index contributed by atoms with van der Waals surface area (Å²) in [6.45, 7) is 0.751. The highest BCUT2D eigenvalue weighted by Crippen LogP contribution is 2.38. The molecule has 4 rings (SSSR count). The van der Waals surface area contributed by atoms with E-state index in [0.717, 1.165) is 55.5 Å². The summed E-state index contributed by atoms with van der Waals surface area (Å²) in [6.07, 6.45) is 2.24. The smallest absolute Gasteiger partial charge is 0.404 e. The lowest BCUT2D eigenvalue weighted by atomic mass is 10.2. The molecular formula is C21H23F3N4O3S. The lowest BCUT2D eigenvalue weighted by molar-refractivity contribution is -0.147. The summed E-state index contributed by atoms with van der Waals surface area (Å²) in [5.74, 6) is 0.617. The predicted molar refractivity (Wildman–Crippen MR) is 113 cm³/mol. The number of sulfonamides is 1. The Balaban J connectivity index is 1.72. The molecule has 0 unspecified atom stereocenters. The first-order chi connectivity index (χ1) is 15.1.